The highest BCUT2D eigenvalue weighted by Crippen LogP contribution is 2.32. The molecule has 3 rings (SSSR count). The number of nitrogens with one attached hydrogen (secondary N) is 2. The predicted octanol–water partition coefficient (Wildman–Crippen LogP) is 3.21. The molecule has 7 heteroatoms. The number of non-ortho nitro benzene ring substituents is 1. The third kappa shape index (κ3) is 3.67. The second-order valence-electron chi connectivity index (χ2n) is 6.31. The molecule has 0 spiro atoms. The number of amides is 1. The first kappa shape index (κ1) is 17.9. The van der Waals surface area contributed by atoms with E-state index in [9.17, 15) is 14.9 Å². The molecule has 0 heterocycles. The molecule has 2 aromatic carbocycles. The lowest BCUT2D eigenvalue weighted by atomic mass is 10.1. The summed E-state index contributed by atoms with van der Waals surface area (Å²) in [7, 11) is 1.45. The van der Waals surface area contributed by atoms with Gasteiger partial charge >= 0.3 is 0 Å². The average molecular weight is 355 g/mol. The van der Waals surface area contributed by atoms with Crippen molar-refractivity contribution in [3.05, 3.63) is 63.7 Å². The molecule has 0 bridgehead atoms. The lowest BCUT2D eigenvalue weighted by molar-refractivity contribution is -0.384. The van der Waals surface area contributed by atoms with Crippen LogP contribution >= 0.6 is 0 Å². The minimum absolute atomic E-state index is 0.105. The van der Waals surface area contributed by atoms with E-state index in [4.69, 9.17) is 4.74 Å². The zero-order valence-electron chi connectivity index (χ0n) is 14.7. The van der Waals surface area contributed by atoms with Crippen LogP contribution in [0.4, 0.5) is 11.4 Å². The average Bonchev–Trinajstić information content (AvgIpc) is 3.04. The first-order valence-corrected chi connectivity index (χ1v) is 8.46. The number of benzene rings is 2. The summed E-state index contributed by atoms with van der Waals surface area (Å²) >= 11 is 0. The van der Waals surface area contributed by atoms with Crippen LogP contribution in [0, 0.1) is 10.1 Å². The van der Waals surface area contributed by atoms with E-state index >= 15 is 0 Å². The number of rotatable bonds is 6. The van der Waals surface area contributed by atoms with Crippen molar-refractivity contribution in [1.82, 2.24) is 5.32 Å². The smallest absolute Gasteiger partial charge is 0.271 e. The van der Waals surface area contributed by atoms with E-state index < -0.39 is 11.0 Å². The largest absolute Gasteiger partial charge is 0.495 e. The van der Waals surface area contributed by atoms with Gasteiger partial charge in [0.05, 0.1) is 23.8 Å². The van der Waals surface area contributed by atoms with E-state index in [-0.39, 0.29) is 23.3 Å². The Balaban J connectivity index is 1.70. The number of anilines is 1. The number of fused-ring (bicyclic) bond motifs is 1. The quantitative estimate of drug-likeness (QED) is 0.613. The number of hydrogen-bond acceptors (Lipinski definition) is 5. The minimum Gasteiger partial charge on any atom is -0.495 e. The molecule has 1 amide bonds. The van der Waals surface area contributed by atoms with Crippen molar-refractivity contribution in [2.45, 2.75) is 31.8 Å². The second kappa shape index (κ2) is 7.53. The maximum Gasteiger partial charge on any atom is 0.271 e. The van der Waals surface area contributed by atoms with Gasteiger partial charge in [-0.25, -0.2) is 0 Å². The Kier molecular flexibility index (Phi) is 5.18. The molecule has 2 N–H and O–H groups in total. The zero-order chi connectivity index (χ0) is 18.7. The normalized spacial score (nSPS) is 16.6. The number of carbonyl (C=O) groups excluding carboxylic acids is 1. The fourth-order valence-electron chi connectivity index (χ4n) is 3.26. The van der Waals surface area contributed by atoms with Gasteiger partial charge in [-0.15, -0.1) is 0 Å². The number of nitro groups is 1. The highest BCUT2D eigenvalue weighted by atomic mass is 16.6. The Labute approximate surface area is 151 Å². The molecule has 2 atom stereocenters. The van der Waals surface area contributed by atoms with Crippen molar-refractivity contribution in [1.29, 1.82) is 0 Å². The molecule has 26 heavy (non-hydrogen) atoms. The van der Waals surface area contributed by atoms with Crippen molar-refractivity contribution < 1.29 is 14.5 Å². The highest BCUT2D eigenvalue weighted by Gasteiger charge is 2.26. The van der Waals surface area contributed by atoms with Gasteiger partial charge in [0.25, 0.3) is 5.69 Å². The van der Waals surface area contributed by atoms with Gasteiger partial charge in [0.2, 0.25) is 5.91 Å². The zero-order valence-corrected chi connectivity index (χ0v) is 14.7. The molecule has 0 aliphatic heterocycles. The van der Waals surface area contributed by atoms with Crippen LogP contribution in [0.2, 0.25) is 0 Å². The van der Waals surface area contributed by atoms with Gasteiger partial charge in [-0.1, -0.05) is 24.3 Å². The predicted molar refractivity (Wildman–Crippen MR) is 98.4 cm³/mol. The van der Waals surface area contributed by atoms with Crippen molar-refractivity contribution in [3.8, 4) is 5.75 Å². The van der Waals surface area contributed by atoms with Gasteiger partial charge in [0, 0.05) is 18.2 Å². The first-order valence-electron chi connectivity index (χ1n) is 8.46. The molecule has 0 saturated carbocycles. The molecule has 136 valence electrons. The summed E-state index contributed by atoms with van der Waals surface area (Å²) in [4.78, 5) is 23.0. The summed E-state index contributed by atoms with van der Waals surface area (Å²) in [6, 6.07) is 12.0. The van der Waals surface area contributed by atoms with Crippen LogP contribution in [-0.4, -0.2) is 24.0 Å². The van der Waals surface area contributed by atoms with Crippen LogP contribution < -0.4 is 15.4 Å². The van der Waals surface area contributed by atoms with E-state index in [2.05, 4.69) is 22.8 Å². The molecule has 0 fully saturated rings. The van der Waals surface area contributed by atoms with Crippen LogP contribution in [0.3, 0.4) is 0 Å². The molecule has 0 unspecified atom stereocenters. The summed E-state index contributed by atoms with van der Waals surface area (Å²) in [5.41, 5.74) is 2.71. The maximum atomic E-state index is 12.6. The third-order valence-corrected chi connectivity index (χ3v) is 4.63. The van der Waals surface area contributed by atoms with Crippen LogP contribution in [0.5, 0.6) is 5.75 Å². The third-order valence-electron chi connectivity index (χ3n) is 4.63. The second-order valence-corrected chi connectivity index (χ2v) is 6.31. The van der Waals surface area contributed by atoms with Gasteiger partial charge in [-0.3, -0.25) is 20.2 Å². The van der Waals surface area contributed by atoms with Crippen molar-refractivity contribution in [2.24, 2.45) is 0 Å². The fourth-order valence-corrected chi connectivity index (χ4v) is 3.26. The molecule has 1 aliphatic carbocycles. The number of hydrogen-bond donors (Lipinski definition) is 2. The topological polar surface area (TPSA) is 93.5 Å². The lowest BCUT2D eigenvalue weighted by Crippen LogP contribution is -2.39. The highest BCUT2D eigenvalue weighted by molar-refractivity contribution is 5.96. The number of nitro benzene ring substituents is 1. The van der Waals surface area contributed by atoms with Gasteiger partial charge in [-0.2, -0.15) is 0 Å². The van der Waals surface area contributed by atoms with Crippen LogP contribution in [0.1, 0.15) is 30.5 Å². The monoisotopic (exact) mass is 355 g/mol. The summed E-state index contributed by atoms with van der Waals surface area (Å²) in [6.07, 6.45) is 1.93. The molecule has 0 radical (unpaired) electrons. The first-order chi connectivity index (χ1) is 12.5. The van der Waals surface area contributed by atoms with Gasteiger partial charge in [0.1, 0.15) is 5.75 Å². The molecule has 7 nitrogen and oxygen atoms in total. The SMILES string of the molecule is COc1ccc([N+](=O)[O-])cc1NC(=O)[C@@H](C)N[C@H]1CCc2ccccc21. The molecule has 0 saturated heterocycles. The Morgan fingerprint density at radius 2 is 2.08 bits per heavy atom. The number of aryl methyl sites for hydroxylation is 1. The Bertz CT molecular complexity index is 837. The van der Waals surface area contributed by atoms with Crippen LogP contribution in [0.25, 0.3) is 0 Å². The van der Waals surface area contributed by atoms with Crippen molar-refractivity contribution in [2.75, 3.05) is 12.4 Å². The molecular weight excluding hydrogens is 334 g/mol. The van der Waals surface area contributed by atoms with Crippen molar-refractivity contribution >= 4 is 17.3 Å². The van der Waals surface area contributed by atoms with E-state index in [1.165, 1.54) is 36.4 Å². The summed E-state index contributed by atoms with van der Waals surface area (Å²) < 4.78 is 5.18. The Morgan fingerprint density at radius 3 is 2.81 bits per heavy atom. The Morgan fingerprint density at radius 1 is 1.31 bits per heavy atom. The van der Waals surface area contributed by atoms with Gasteiger partial charge in [0.15, 0.2) is 0 Å². The van der Waals surface area contributed by atoms with Crippen LogP contribution in [0.15, 0.2) is 42.5 Å². The molecule has 2 aromatic rings. The van der Waals surface area contributed by atoms with Crippen LogP contribution in [-0.2, 0) is 11.2 Å². The molecule has 1 aliphatic rings. The maximum absolute atomic E-state index is 12.6. The van der Waals surface area contributed by atoms with E-state index in [0.29, 0.717) is 5.75 Å². The summed E-state index contributed by atoms with van der Waals surface area (Å²) in [6.45, 7) is 1.78. The fraction of sp³-hybridized carbons (Fsp3) is 0.316. The minimum atomic E-state index is -0.508. The van der Waals surface area contributed by atoms with E-state index in [1.807, 2.05) is 12.1 Å². The number of methoxy groups -OCH3 is 1. The molecule has 0 aromatic heterocycles. The molecular formula is C19H21N3O4. The standard InChI is InChI=1S/C19H21N3O4/c1-12(20-16-9-7-13-5-3-4-6-15(13)16)19(23)21-17-11-14(22(24)25)8-10-18(17)26-2/h3-6,8,10-12,16,20H,7,9H2,1-2H3,(H,21,23)/t12-,16+/m1/s1. The Hall–Kier alpha value is -2.93. The van der Waals surface area contributed by atoms with E-state index in [1.54, 1.807) is 6.92 Å². The summed E-state index contributed by atoms with van der Waals surface area (Å²) in [5.74, 6) is 0.107. The summed E-state index contributed by atoms with van der Waals surface area (Å²) in [5, 5.41) is 17.0. The number of ether oxygens (including phenoxy) is 1. The van der Waals surface area contributed by atoms with Gasteiger partial charge < -0.3 is 10.1 Å². The number of carbonyl (C=O) groups is 1. The van der Waals surface area contributed by atoms with Gasteiger partial charge in [-0.05, 0) is 37.0 Å². The number of nitrogens with zero attached hydrogens (tertiary/aromatic N) is 1. The lowest BCUT2D eigenvalue weighted by Gasteiger charge is -2.20. The van der Waals surface area contributed by atoms with E-state index in [0.717, 1.165) is 12.8 Å². The van der Waals surface area contributed by atoms with Crippen molar-refractivity contribution in [3.63, 3.8) is 0 Å².